The van der Waals surface area contributed by atoms with Crippen LogP contribution in [0.1, 0.15) is 5.56 Å². The van der Waals surface area contributed by atoms with Gasteiger partial charge in [0, 0.05) is 6.08 Å². The zero-order valence-corrected chi connectivity index (χ0v) is 11.1. The summed E-state index contributed by atoms with van der Waals surface area (Å²) in [6.07, 6.45) is 3.42. The van der Waals surface area contributed by atoms with E-state index in [0.29, 0.717) is 6.54 Å². The third-order valence-corrected chi connectivity index (χ3v) is 3.20. The van der Waals surface area contributed by atoms with Gasteiger partial charge in [0.25, 0.3) is 0 Å². The van der Waals surface area contributed by atoms with Crippen LogP contribution in [-0.4, -0.2) is 45.3 Å². The van der Waals surface area contributed by atoms with E-state index in [1.165, 1.54) is 4.90 Å². The van der Waals surface area contributed by atoms with Gasteiger partial charge in [-0.05, 0) is 11.6 Å². The first kappa shape index (κ1) is 13.8. The van der Waals surface area contributed by atoms with Gasteiger partial charge >= 0.3 is 0 Å². The first-order valence-electron chi connectivity index (χ1n) is 6.77. The van der Waals surface area contributed by atoms with E-state index >= 15 is 0 Å². The largest absolute Gasteiger partial charge is 0.370 e. The van der Waals surface area contributed by atoms with E-state index in [1.807, 2.05) is 36.4 Å². The molecule has 1 fully saturated rings. The highest BCUT2D eigenvalue weighted by molar-refractivity contribution is 5.91. The Hall–Kier alpha value is -1.65. The van der Waals surface area contributed by atoms with Gasteiger partial charge in [0.05, 0.1) is 26.3 Å². The normalized spacial score (nSPS) is 16.6. The minimum Gasteiger partial charge on any atom is -0.370 e. The van der Waals surface area contributed by atoms with Crippen LogP contribution in [-0.2, 0) is 9.53 Å². The second kappa shape index (κ2) is 7.71. The number of hydrogen-bond donors (Lipinski definition) is 2. The lowest BCUT2D eigenvalue weighted by Gasteiger charge is -2.23. The summed E-state index contributed by atoms with van der Waals surface area (Å²) in [6.45, 7) is 5.42. The summed E-state index contributed by atoms with van der Waals surface area (Å²) in [5, 5.41) is 2.91. The van der Waals surface area contributed by atoms with Crippen molar-refractivity contribution >= 4 is 12.0 Å². The Morgan fingerprint density at radius 3 is 2.74 bits per heavy atom. The number of amides is 1. The Bertz CT molecular complexity index is 411. The Morgan fingerprint density at radius 2 is 2.00 bits per heavy atom. The van der Waals surface area contributed by atoms with Gasteiger partial charge in [0.1, 0.15) is 13.1 Å². The SMILES string of the molecule is O=C(/C=C/c1ccccc1)NCC[NH+]1CCOCC1. The van der Waals surface area contributed by atoms with Crippen molar-refractivity contribution in [1.82, 2.24) is 5.32 Å². The summed E-state index contributed by atoms with van der Waals surface area (Å²) < 4.78 is 5.30. The van der Waals surface area contributed by atoms with Gasteiger partial charge in [0.2, 0.25) is 5.91 Å². The molecule has 1 amide bonds. The number of ether oxygens (including phenoxy) is 1. The number of morpholine rings is 1. The number of rotatable bonds is 5. The van der Waals surface area contributed by atoms with Crippen LogP contribution >= 0.6 is 0 Å². The fourth-order valence-corrected chi connectivity index (χ4v) is 2.07. The molecular weight excluding hydrogens is 240 g/mol. The number of carbonyl (C=O) groups excluding carboxylic acids is 1. The van der Waals surface area contributed by atoms with Crippen LogP contribution in [0.4, 0.5) is 0 Å². The van der Waals surface area contributed by atoms with Gasteiger partial charge in [-0.2, -0.15) is 0 Å². The molecule has 0 unspecified atom stereocenters. The summed E-state index contributed by atoms with van der Waals surface area (Å²) in [6, 6.07) is 9.82. The maximum atomic E-state index is 11.6. The van der Waals surface area contributed by atoms with E-state index in [9.17, 15) is 4.79 Å². The third-order valence-electron chi connectivity index (χ3n) is 3.20. The predicted molar refractivity (Wildman–Crippen MR) is 74.9 cm³/mol. The Balaban J connectivity index is 1.65. The maximum absolute atomic E-state index is 11.6. The van der Waals surface area contributed by atoms with Crippen molar-refractivity contribution in [2.45, 2.75) is 0 Å². The minimum atomic E-state index is -0.0310. The molecule has 0 atom stereocenters. The van der Waals surface area contributed by atoms with E-state index in [0.717, 1.165) is 38.4 Å². The molecular formula is C15H21N2O2+. The van der Waals surface area contributed by atoms with E-state index in [2.05, 4.69) is 5.32 Å². The average molecular weight is 261 g/mol. The lowest BCUT2D eigenvalue weighted by atomic mass is 10.2. The third kappa shape index (κ3) is 5.24. The first-order valence-corrected chi connectivity index (χ1v) is 6.77. The number of carbonyl (C=O) groups is 1. The first-order chi connectivity index (χ1) is 9.34. The molecule has 0 radical (unpaired) electrons. The number of quaternary nitrogens is 1. The zero-order chi connectivity index (χ0) is 13.3. The minimum absolute atomic E-state index is 0.0310. The Labute approximate surface area is 114 Å². The second-order valence-corrected chi connectivity index (χ2v) is 4.65. The van der Waals surface area contributed by atoms with E-state index < -0.39 is 0 Å². The molecule has 4 nitrogen and oxygen atoms in total. The van der Waals surface area contributed by atoms with Crippen LogP contribution in [0.15, 0.2) is 36.4 Å². The van der Waals surface area contributed by atoms with Gasteiger partial charge in [-0.15, -0.1) is 0 Å². The van der Waals surface area contributed by atoms with Crippen LogP contribution in [0.2, 0.25) is 0 Å². The molecule has 4 heteroatoms. The standard InChI is InChI=1S/C15H20N2O2/c18-15(7-6-14-4-2-1-3-5-14)16-8-9-17-10-12-19-13-11-17/h1-7H,8-13H2,(H,16,18)/p+1/b7-6+. The van der Waals surface area contributed by atoms with Gasteiger partial charge in [-0.3, -0.25) is 4.79 Å². The molecule has 0 bridgehead atoms. The van der Waals surface area contributed by atoms with E-state index in [-0.39, 0.29) is 5.91 Å². The molecule has 1 saturated heterocycles. The van der Waals surface area contributed by atoms with Crippen LogP contribution < -0.4 is 10.2 Å². The second-order valence-electron chi connectivity index (χ2n) is 4.65. The molecule has 1 aliphatic rings. The quantitative estimate of drug-likeness (QED) is 0.717. The smallest absolute Gasteiger partial charge is 0.244 e. The molecule has 0 spiro atoms. The van der Waals surface area contributed by atoms with Crippen LogP contribution in [0.25, 0.3) is 6.08 Å². The fraction of sp³-hybridized carbons (Fsp3) is 0.400. The summed E-state index contributed by atoms with van der Waals surface area (Å²) in [4.78, 5) is 13.1. The Kier molecular flexibility index (Phi) is 5.59. The summed E-state index contributed by atoms with van der Waals surface area (Å²) >= 11 is 0. The summed E-state index contributed by atoms with van der Waals surface area (Å²) in [7, 11) is 0. The molecule has 1 heterocycles. The van der Waals surface area contributed by atoms with Crippen molar-refractivity contribution in [2.75, 3.05) is 39.4 Å². The lowest BCUT2D eigenvalue weighted by Crippen LogP contribution is -3.14. The van der Waals surface area contributed by atoms with Crippen molar-refractivity contribution < 1.29 is 14.4 Å². The van der Waals surface area contributed by atoms with Crippen LogP contribution in [0.3, 0.4) is 0 Å². The van der Waals surface area contributed by atoms with Crippen molar-refractivity contribution in [3.8, 4) is 0 Å². The average Bonchev–Trinajstić information content (AvgIpc) is 2.47. The lowest BCUT2D eigenvalue weighted by molar-refractivity contribution is -0.906. The maximum Gasteiger partial charge on any atom is 0.244 e. The van der Waals surface area contributed by atoms with Crippen molar-refractivity contribution in [3.05, 3.63) is 42.0 Å². The molecule has 0 aliphatic carbocycles. The fourth-order valence-electron chi connectivity index (χ4n) is 2.07. The summed E-state index contributed by atoms with van der Waals surface area (Å²) in [5.74, 6) is -0.0310. The zero-order valence-electron chi connectivity index (χ0n) is 11.1. The molecule has 1 aromatic carbocycles. The van der Waals surface area contributed by atoms with Crippen molar-refractivity contribution in [3.63, 3.8) is 0 Å². The van der Waals surface area contributed by atoms with Crippen LogP contribution in [0.5, 0.6) is 0 Å². The number of nitrogens with one attached hydrogen (secondary N) is 2. The molecule has 102 valence electrons. The molecule has 2 rings (SSSR count). The van der Waals surface area contributed by atoms with Crippen molar-refractivity contribution in [1.29, 1.82) is 0 Å². The molecule has 19 heavy (non-hydrogen) atoms. The predicted octanol–water partition coefficient (Wildman–Crippen LogP) is -0.269. The molecule has 1 aromatic rings. The van der Waals surface area contributed by atoms with Gasteiger partial charge < -0.3 is 15.0 Å². The topological polar surface area (TPSA) is 42.8 Å². The van der Waals surface area contributed by atoms with Crippen LogP contribution in [0, 0.1) is 0 Å². The number of benzene rings is 1. The monoisotopic (exact) mass is 261 g/mol. The van der Waals surface area contributed by atoms with Gasteiger partial charge in [-0.25, -0.2) is 0 Å². The van der Waals surface area contributed by atoms with E-state index in [4.69, 9.17) is 4.74 Å². The number of hydrogen-bond acceptors (Lipinski definition) is 2. The molecule has 1 aliphatic heterocycles. The Morgan fingerprint density at radius 1 is 1.26 bits per heavy atom. The summed E-state index contributed by atoms with van der Waals surface area (Å²) in [5.41, 5.74) is 1.04. The molecule has 0 aromatic heterocycles. The highest BCUT2D eigenvalue weighted by Gasteiger charge is 2.12. The highest BCUT2D eigenvalue weighted by Crippen LogP contribution is 2.00. The molecule has 0 saturated carbocycles. The highest BCUT2D eigenvalue weighted by atomic mass is 16.5. The van der Waals surface area contributed by atoms with Crippen molar-refractivity contribution in [2.24, 2.45) is 0 Å². The van der Waals surface area contributed by atoms with Gasteiger partial charge in [-0.1, -0.05) is 30.3 Å². The van der Waals surface area contributed by atoms with E-state index in [1.54, 1.807) is 6.08 Å². The van der Waals surface area contributed by atoms with Gasteiger partial charge in [0.15, 0.2) is 0 Å². The molecule has 2 N–H and O–H groups in total.